The van der Waals surface area contributed by atoms with Gasteiger partial charge in [-0.1, -0.05) is 6.07 Å². The average Bonchev–Trinajstić information content (AvgIpc) is 2.78. The molecular formula is C21H22F6N4O3S. The topological polar surface area (TPSA) is 91.4 Å². The summed E-state index contributed by atoms with van der Waals surface area (Å²) >= 11 is 0. The minimum Gasteiger partial charge on any atom is -0.338 e. The Bertz CT molecular complexity index is 1130. The van der Waals surface area contributed by atoms with Crippen LogP contribution in [-0.2, 0) is 28.8 Å². The number of nitrogens with zero attached hydrogens (tertiary/aromatic N) is 2. The van der Waals surface area contributed by atoms with Crippen LogP contribution in [-0.4, -0.2) is 50.0 Å². The molecular weight excluding hydrogens is 502 g/mol. The number of carbonyl (C=O) groups excluding carboxylic acids is 1. The molecule has 0 atom stereocenters. The van der Waals surface area contributed by atoms with Crippen molar-refractivity contribution in [3.63, 3.8) is 0 Å². The van der Waals surface area contributed by atoms with Gasteiger partial charge < -0.3 is 10.2 Å². The van der Waals surface area contributed by atoms with E-state index < -0.39 is 44.4 Å². The Balaban J connectivity index is 1.62. The Morgan fingerprint density at radius 3 is 2.31 bits per heavy atom. The molecule has 2 N–H and O–H groups in total. The molecule has 0 aliphatic carbocycles. The minimum atomic E-state index is -5.18. The highest BCUT2D eigenvalue weighted by Gasteiger charge is 2.41. The zero-order valence-corrected chi connectivity index (χ0v) is 19.0. The van der Waals surface area contributed by atoms with Crippen LogP contribution in [0.3, 0.4) is 0 Å². The molecule has 0 radical (unpaired) electrons. The van der Waals surface area contributed by atoms with Crippen LogP contribution >= 0.6 is 0 Å². The van der Waals surface area contributed by atoms with E-state index in [-0.39, 0.29) is 50.2 Å². The molecule has 1 aliphatic heterocycles. The Labute approximate surface area is 197 Å². The maximum Gasteiger partial charge on any atom is 0.417 e. The predicted molar refractivity (Wildman–Crippen MR) is 113 cm³/mol. The molecule has 0 spiro atoms. The molecule has 2 amide bonds. The predicted octanol–water partition coefficient (Wildman–Crippen LogP) is 3.81. The van der Waals surface area contributed by atoms with E-state index in [4.69, 9.17) is 0 Å². The van der Waals surface area contributed by atoms with Crippen LogP contribution in [0.15, 0.2) is 47.6 Å². The number of halogens is 6. The molecule has 1 aliphatic rings. The van der Waals surface area contributed by atoms with Gasteiger partial charge in [0.15, 0.2) is 0 Å². The van der Waals surface area contributed by atoms with E-state index in [1.807, 2.05) is 6.07 Å². The number of hydrogen-bond acceptors (Lipinski definition) is 4. The van der Waals surface area contributed by atoms with Crippen LogP contribution in [0.4, 0.5) is 31.1 Å². The highest BCUT2D eigenvalue weighted by molar-refractivity contribution is 7.89. The lowest BCUT2D eigenvalue weighted by molar-refractivity contribution is -0.143. The SMILES string of the molecule is O=C(NCCc1cccnc1)N1CCC(NS(=O)(=O)c2cc(C(F)(F)F)ccc2C(F)(F)F)CC1. The second kappa shape index (κ2) is 10.4. The van der Waals surface area contributed by atoms with E-state index in [0.29, 0.717) is 13.0 Å². The van der Waals surface area contributed by atoms with Gasteiger partial charge in [0, 0.05) is 38.1 Å². The molecule has 2 aromatic rings. The fourth-order valence-corrected chi connectivity index (χ4v) is 5.17. The van der Waals surface area contributed by atoms with Crippen molar-refractivity contribution in [2.24, 2.45) is 0 Å². The summed E-state index contributed by atoms with van der Waals surface area (Å²) in [7, 11) is -4.93. The second-order valence-electron chi connectivity index (χ2n) is 7.93. The lowest BCUT2D eigenvalue weighted by Crippen LogP contribution is -2.49. The number of sulfonamides is 1. The van der Waals surface area contributed by atoms with Gasteiger partial charge in [0.1, 0.15) is 0 Å². The molecule has 1 aromatic carbocycles. The number of hydrogen-bond donors (Lipinski definition) is 2. The van der Waals surface area contributed by atoms with Crippen molar-refractivity contribution in [2.45, 2.75) is 42.6 Å². The van der Waals surface area contributed by atoms with E-state index in [2.05, 4.69) is 15.0 Å². The summed E-state index contributed by atoms with van der Waals surface area (Å²) in [6.07, 6.45) is -6.20. The molecule has 35 heavy (non-hydrogen) atoms. The Kier molecular flexibility index (Phi) is 7.94. The highest BCUT2D eigenvalue weighted by atomic mass is 32.2. The summed E-state index contributed by atoms with van der Waals surface area (Å²) in [6.45, 7) is 0.564. The standard InChI is InChI=1S/C21H22F6N4O3S/c22-20(23,24)15-3-4-17(21(25,26)27)18(12-15)35(33,34)30-16-6-10-31(11-7-16)19(32)29-9-5-14-2-1-8-28-13-14/h1-4,8,12-13,16,30H,5-7,9-11H2,(H,29,32). The summed E-state index contributed by atoms with van der Waals surface area (Å²) in [4.78, 5) is 16.2. The molecule has 0 bridgehead atoms. The number of amides is 2. The first-order valence-electron chi connectivity index (χ1n) is 10.5. The maximum absolute atomic E-state index is 13.3. The van der Waals surface area contributed by atoms with E-state index in [0.717, 1.165) is 5.56 Å². The third-order valence-electron chi connectivity index (χ3n) is 5.42. The van der Waals surface area contributed by atoms with E-state index >= 15 is 0 Å². The molecule has 1 aromatic heterocycles. The number of piperidine rings is 1. The number of carbonyl (C=O) groups is 1. The number of urea groups is 1. The van der Waals surface area contributed by atoms with E-state index in [9.17, 15) is 39.6 Å². The van der Waals surface area contributed by atoms with Gasteiger partial charge in [0.05, 0.1) is 16.0 Å². The molecule has 0 unspecified atom stereocenters. The Morgan fingerprint density at radius 1 is 1.06 bits per heavy atom. The lowest BCUT2D eigenvalue weighted by Gasteiger charge is -2.32. The van der Waals surface area contributed by atoms with Crippen LogP contribution in [0.5, 0.6) is 0 Å². The number of rotatable bonds is 6. The molecule has 192 valence electrons. The van der Waals surface area contributed by atoms with Gasteiger partial charge in [-0.25, -0.2) is 17.9 Å². The monoisotopic (exact) mass is 524 g/mol. The van der Waals surface area contributed by atoms with Gasteiger partial charge in [0.2, 0.25) is 10.0 Å². The molecule has 14 heteroatoms. The summed E-state index contributed by atoms with van der Waals surface area (Å²) in [5.74, 6) is 0. The van der Waals surface area contributed by atoms with Crippen LogP contribution in [0.1, 0.15) is 29.5 Å². The van der Waals surface area contributed by atoms with Crippen LogP contribution in [0.2, 0.25) is 0 Å². The zero-order chi connectivity index (χ0) is 25.9. The average molecular weight is 524 g/mol. The van der Waals surface area contributed by atoms with E-state index in [1.165, 1.54) is 4.90 Å². The first kappa shape index (κ1) is 26.7. The molecule has 7 nitrogen and oxygen atoms in total. The van der Waals surface area contributed by atoms with Crippen molar-refractivity contribution in [2.75, 3.05) is 19.6 Å². The van der Waals surface area contributed by atoms with E-state index in [1.54, 1.807) is 18.5 Å². The normalized spacial score (nSPS) is 15.8. The Hall–Kier alpha value is -2.87. The summed E-state index contributed by atoms with van der Waals surface area (Å²) in [5, 5.41) is 2.72. The van der Waals surface area contributed by atoms with Crippen LogP contribution in [0, 0.1) is 0 Å². The van der Waals surface area contributed by atoms with Crippen molar-refractivity contribution in [1.82, 2.24) is 19.9 Å². The van der Waals surface area contributed by atoms with Gasteiger partial charge >= 0.3 is 18.4 Å². The number of alkyl halides is 6. The van der Waals surface area contributed by atoms with Gasteiger partial charge in [-0.2, -0.15) is 26.3 Å². The lowest BCUT2D eigenvalue weighted by atomic mass is 10.1. The summed E-state index contributed by atoms with van der Waals surface area (Å²) in [6, 6.07) is 2.66. The smallest absolute Gasteiger partial charge is 0.338 e. The van der Waals surface area contributed by atoms with Crippen molar-refractivity contribution < 1.29 is 39.6 Å². The van der Waals surface area contributed by atoms with Crippen LogP contribution in [0.25, 0.3) is 0 Å². The van der Waals surface area contributed by atoms with Crippen molar-refractivity contribution >= 4 is 16.1 Å². The molecule has 1 saturated heterocycles. The third-order valence-corrected chi connectivity index (χ3v) is 6.98. The minimum absolute atomic E-state index is 0.0179. The number of nitrogens with one attached hydrogen (secondary N) is 2. The highest BCUT2D eigenvalue weighted by Crippen LogP contribution is 2.38. The fraction of sp³-hybridized carbons (Fsp3) is 0.429. The molecule has 2 heterocycles. The number of likely N-dealkylation sites (tertiary alicyclic amines) is 1. The zero-order valence-electron chi connectivity index (χ0n) is 18.2. The van der Waals surface area contributed by atoms with Gasteiger partial charge in [-0.3, -0.25) is 4.98 Å². The largest absolute Gasteiger partial charge is 0.417 e. The fourth-order valence-electron chi connectivity index (χ4n) is 3.61. The number of aromatic nitrogens is 1. The van der Waals surface area contributed by atoms with Gasteiger partial charge in [-0.15, -0.1) is 0 Å². The van der Waals surface area contributed by atoms with Crippen LogP contribution < -0.4 is 10.0 Å². The number of benzene rings is 1. The van der Waals surface area contributed by atoms with Crippen molar-refractivity contribution in [3.8, 4) is 0 Å². The summed E-state index contributed by atoms with van der Waals surface area (Å²) < 4.78 is 106. The molecule has 3 rings (SSSR count). The maximum atomic E-state index is 13.3. The summed E-state index contributed by atoms with van der Waals surface area (Å²) in [5.41, 5.74) is -2.28. The third kappa shape index (κ3) is 7.07. The van der Waals surface area contributed by atoms with Crippen molar-refractivity contribution in [1.29, 1.82) is 0 Å². The second-order valence-corrected chi connectivity index (χ2v) is 9.61. The first-order chi connectivity index (χ1) is 16.3. The quantitative estimate of drug-likeness (QED) is 0.563. The van der Waals surface area contributed by atoms with Crippen molar-refractivity contribution in [3.05, 3.63) is 59.4 Å². The Morgan fingerprint density at radius 2 is 1.74 bits per heavy atom. The van der Waals surface area contributed by atoms with Gasteiger partial charge in [0.25, 0.3) is 0 Å². The molecule has 1 fully saturated rings. The first-order valence-corrected chi connectivity index (χ1v) is 12.0. The number of pyridine rings is 1. The van der Waals surface area contributed by atoms with Gasteiger partial charge in [-0.05, 0) is 49.1 Å². The molecule has 0 saturated carbocycles.